The van der Waals surface area contributed by atoms with Gasteiger partial charge in [-0.05, 0) is 58.7 Å². The maximum absolute atomic E-state index is 13.0. The zero-order valence-corrected chi connectivity index (χ0v) is 18.2. The van der Waals surface area contributed by atoms with E-state index in [1.54, 1.807) is 0 Å². The van der Waals surface area contributed by atoms with Gasteiger partial charge in [-0.25, -0.2) is 0 Å². The molecule has 166 valence electrons. The van der Waals surface area contributed by atoms with E-state index >= 15 is 0 Å². The van der Waals surface area contributed by atoms with Gasteiger partial charge in [-0.1, -0.05) is 13.8 Å². The van der Waals surface area contributed by atoms with Crippen LogP contribution < -0.4 is 16.1 Å². The summed E-state index contributed by atoms with van der Waals surface area (Å²) < 4.78 is 0. The third-order valence-corrected chi connectivity index (χ3v) is 6.24. The van der Waals surface area contributed by atoms with Gasteiger partial charge in [0.25, 0.3) is 0 Å². The number of nitrogens with one attached hydrogen (secondary N) is 3. The van der Waals surface area contributed by atoms with Crippen LogP contribution in [-0.2, 0) is 14.4 Å². The number of amides is 2. The summed E-state index contributed by atoms with van der Waals surface area (Å²) in [5.41, 5.74) is 0.978. The Morgan fingerprint density at radius 2 is 1.69 bits per heavy atom. The van der Waals surface area contributed by atoms with Crippen molar-refractivity contribution in [3.05, 3.63) is 0 Å². The molecule has 0 aliphatic carbocycles. The van der Waals surface area contributed by atoms with E-state index < -0.39 is 17.5 Å². The van der Waals surface area contributed by atoms with Crippen molar-refractivity contribution in [3.63, 3.8) is 0 Å². The second-order valence-corrected chi connectivity index (χ2v) is 8.88. The summed E-state index contributed by atoms with van der Waals surface area (Å²) in [5, 5.41) is 14.9. The van der Waals surface area contributed by atoms with Gasteiger partial charge < -0.3 is 25.6 Å². The van der Waals surface area contributed by atoms with Gasteiger partial charge in [0, 0.05) is 19.1 Å². The van der Waals surface area contributed by atoms with Crippen LogP contribution in [-0.4, -0.2) is 90.0 Å². The number of carbonyl (C=O) groups excluding carboxylic acids is 3. The molecule has 9 heteroatoms. The standard InChI is InChI=1S/C20H37N5O4/c1-14(2)17(23-29)18(27)22-20(19(28)21-13-15(3)26)7-11-25(12-8-20)16-5-9-24(4)10-6-16/h14,16-17,23,29H,5-13H2,1-4H3,(H,21,28)(H,22,27)/t17-/m0/s1. The largest absolute Gasteiger partial charge is 0.347 e. The molecule has 0 radical (unpaired) electrons. The van der Waals surface area contributed by atoms with Crippen molar-refractivity contribution < 1.29 is 19.6 Å². The highest BCUT2D eigenvalue weighted by Gasteiger charge is 2.45. The Hall–Kier alpha value is -1.55. The average Bonchev–Trinajstić information content (AvgIpc) is 2.67. The number of hydrogen-bond donors (Lipinski definition) is 4. The molecule has 2 saturated heterocycles. The lowest BCUT2D eigenvalue weighted by molar-refractivity contribution is -0.139. The van der Waals surface area contributed by atoms with E-state index in [0.717, 1.165) is 25.9 Å². The van der Waals surface area contributed by atoms with Crippen LogP contribution in [0.5, 0.6) is 0 Å². The smallest absolute Gasteiger partial charge is 0.246 e. The first-order chi connectivity index (χ1) is 13.7. The number of piperidine rings is 2. The molecule has 1 atom stereocenters. The van der Waals surface area contributed by atoms with Crippen LogP contribution in [0.1, 0.15) is 46.5 Å². The molecule has 9 nitrogen and oxygen atoms in total. The Morgan fingerprint density at radius 1 is 1.10 bits per heavy atom. The van der Waals surface area contributed by atoms with E-state index in [2.05, 4.69) is 27.5 Å². The molecule has 0 aromatic carbocycles. The topological polar surface area (TPSA) is 114 Å². The fourth-order valence-electron chi connectivity index (χ4n) is 4.24. The van der Waals surface area contributed by atoms with Gasteiger partial charge in [0.05, 0.1) is 6.54 Å². The lowest BCUT2D eigenvalue weighted by atomic mass is 9.84. The van der Waals surface area contributed by atoms with Gasteiger partial charge in [0.15, 0.2) is 0 Å². The molecule has 2 heterocycles. The SMILES string of the molecule is CC(=O)CNC(=O)C1(NC(=O)[C@@H](NO)C(C)C)CCN(C2CCN(C)CC2)CC1. The van der Waals surface area contributed by atoms with E-state index in [-0.39, 0.29) is 24.2 Å². The molecule has 0 saturated carbocycles. The van der Waals surface area contributed by atoms with Gasteiger partial charge in [-0.15, -0.1) is 0 Å². The quantitative estimate of drug-likeness (QED) is 0.407. The minimum atomic E-state index is -1.07. The summed E-state index contributed by atoms with van der Waals surface area (Å²) in [6, 6.07) is -0.304. The third kappa shape index (κ3) is 6.21. The van der Waals surface area contributed by atoms with Gasteiger partial charge in [-0.3, -0.25) is 14.4 Å². The Morgan fingerprint density at radius 3 is 2.17 bits per heavy atom. The zero-order valence-electron chi connectivity index (χ0n) is 18.2. The lowest BCUT2D eigenvalue weighted by Crippen LogP contribution is -2.66. The van der Waals surface area contributed by atoms with E-state index in [4.69, 9.17) is 0 Å². The number of hydroxylamine groups is 1. The van der Waals surface area contributed by atoms with E-state index in [0.29, 0.717) is 32.0 Å². The van der Waals surface area contributed by atoms with Gasteiger partial charge in [-0.2, -0.15) is 5.48 Å². The minimum absolute atomic E-state index is 0.0546. The lowest BCUT2D eigenvalue weighted by Gasteiger charge is -2.45. The van der Waals surface area contributed by atoms with Crippen molar-refractivity contribution in [1.82, 2.24) is 25.9 Å². The predicted octanol–water partition coefficient (Wildman–Crippen LogP) is -0.260. The molecule has 4 N–H and O–H groups in total. The number of nitrogens with zero attached hydrogens (tertiary/aromatic N) is 2. The minimum Gasteiger partial charge on any atom is -0.347 e. The Labute approximate surface area is 173 Å². The number of carbonyl (C=O) groups is 3. The molecule has 0 aromatic heterocycles. The van der Waals surface area contributed by atoms with Crippen molar-refractivity contribution in [1.29, 1.82) is 0 Å². The summed E-state index contributed by atoms with van der Waals surface area (Å²) >= 11 is 0. The summed E-state index contributed by atoms with van der Waals surface area (Å²) in [6.07, 6.45) is 3.17. The highest BCUT2D eigenvalue weighted by atomic mass is 16.5. The molecular weight excluding hydrogens is 374 g/mol. The van der Waals surface area contributed by atoms with E-state index in [1.165, 1.54) is 6.92 Å². The number of Topliss-reactive ketones (excluding diaryl/α,β-unsaturated/α-hetero) is 1. The molecule has 0 spiro atoms. The van der Waals surface area contributed by atoms with Crippen LogP contribution >= 0.6 is 0 Å². The molecule has 2 aliphatic heterocycles. The van der Waals surface area contributed by atoms with Gasteiger partial charge in [0.1, 0.15) is 17.4 Å². The molecule has 29 heavy (non-hydrogen) atoms. The zero-order chi connectivity index (χ0) is 21.6. The van der Waals surface area contributed by atoms with E-state index in [1.807, 2.05) is 19.3 Å². The fourth-order valence-corrected chi connectivity index (χ4v) is 4.24. The van der Waals surface area contributed by atoms with Crippen LogP contribution in [0.15, 0.2) is 0 Å². The summed E-state index contributed by atoms with van der Waals surface area (Å²) in [5.74, 6) is -1.02. The normalized spacial score (nSPS) is 22.3. The van der Waals surface area contributed by atoms with Crippen molar-refractivity contribution >= 4 is 17.6 Å². The maximum Gasteiger partial charge on any atom is 0.246 e. The number of likely N-dealkylation sites (tertiary alicyclic amines) is 2. The maximum atomic E-state index is 13.0. The Balaban J connectivity index is 2.09. The first kappa shape index (κ1) is 23.7. The molecule has 0 unspecified atom stereocenters. The molecule has 2 rings (SSSR count). The average molecular weight is 412 g/mol. The van der Waals surface area contributed by atoms with Crippen molar-refractivity contribution in [2.45, 2.75) is 64.1 Å². The molecule has 0 aromatic rings. The highest BCUT2D eigenvalue weighted by Crippen LogP contribution is 2.27. The fraction of sp³-hybridized carbons (Fsp3) is 0.850. The predicted molar refractivity (Wildman–Crippen MR) is 109 cm³/mol. The van der Waals surface area contributed by atoms with Crippen molar-refractivity contribution in [3.8, 4) is 0 Å². The van der Waals surface area contributed by atoms with Crippen molar-refractivity contribution in [2.24, 2.45) is 5.92 Å². The molecule has 2 amide bonds. The van der Waals surface area contributed by atoms with Crippen LogP contribution in [0, 0.1) is 5.92 Å². The second kappa shape index (κ2) is 10.5. The third-order valence-electron chi connectivity index (χ3n) is 6.24. The van der Waals surface area contributed by atoms with Crippen molar-refractivity contribution in [2.75, 3.05) is 39.8 Å². The first-order valence-corrected chi connectivity index (χ1v) is 10.6. The summed E-state index contributed by atoms with van der Waals surface area (Å²) in [4.78, 5) is 41.8. The number of rotatable bonds is 8. The molecule has 2 fully saturated rings. The van der Waals surface area contributed by atoms with Crippen LogP contribution in [0.4, 0.5) is 0 Å². The van der Waals surface area contributed by atoms with Crippen LogP contribution in [0.25, 0.3) is 0 Å². The molecular formula is C20H37N5O4. The number of ketones is 1. The Bertz CT molecular complexity index is 581. The highest BCUT2D eigenvalue weighted by molar-refractivity contribution is 5.95. The summed E-state index contributed by atoms with van der Waals surface area (Å²) in [7, 11) is 2.13. The number of hydrogen-bond acceptors (Lipinski definition) is 7. The van der Waals surface area contributed by atoms with Crippen LogP contribution in [0.3, 0.4) is 0 Å². The monoisotopic (exact) mass is 411 g/mol. The van der Waals surface area contributed by atoms with Gasteiger partial charge >= 0.3 is 0 Å². The van der Waals surface area contributed by atoms with E-state index in [9.17, 15) is 19.6 Å². The Kier molecular flexibility index (Phi) is 8.57. The molecule has 0 bridgehead atoms. The first-order valence-electron chi connectivity index (χ1n) is 10.6. The van der Waals surface area contributed by atoms with Crippen LogP contribution in [0.2, 0.25) is 0 Å². The second-order valence-electron chi connectivity index (χ2n) is 8.88. The van der Waals surface area contributed by atoms with Gasteiger partial charge in [0.2, 0.25) is 11.8 Å². The summed E-state index contributed by atoms with van der Waals surface area (Å²) in [6.45, 7) is 8.56. The molecule has 2 aliphatic rings.